The number of H-pyrrole nitrogens is 1. The number of carbonyl (C=O) groups is 1. The second-order valence-corrected chi connectivity index (χ2v) is 6.58. The molecule has 4 rings (SSSR count). The van der Waals surface area contributed by atoms with Crippen LogP contribution in [0.15, 0.2) is 42.6 Å². The van der Waals surface area contributed by atoms with Gasteiger partial charge < -0.3 is 10.3 Å². The van der Waals surface area contributed by atoms with E-state index in [1.165, 1.54) is 5.56 Å². The number of amides is 1. The first-order valence-electron chi connectivity index (χ1n) is 8.33. The second-order valence-electron chi connectivity index (χ2n) is 6.58. The van der Waals surface area contributed by atoms with Crippen LogP contribution in [-0.4, -0.2) is 20.9 Å². The van der Waals surface area contributed by atoms with E-state index >= 15 is 0 Å². The molecule has 0 fully saturated rings. The van der Waals surface area contributed by atoms with Gasteiger partial charge >= 0.3 is 0 Å². The summed E-state index contributed by atoms with van der Waals surface area (Å²) in [5, 5.41) is 3.05. The average molecular weight is 320 g/mol. The number of rotatable bonds is 3. The van der Waals surface area contributed by atoms with Gasteiger partial charge in [0.25, 0.3) is 0 Å². The highest BCUT2D eigenvalue weighted by atomic mass is 16.2. The van der Waals surface area contributed by atoms with Crippen LogP contribution in [0.4, 0.5) is 0 Å². The summed E-state index contributed by atoms with van der Waals surface area (Å²) in [4.78, 5) is 24.7. The van der Waals surface area contributed by atoms with Gasteiger partial charge in [0.05, 0.1) is 17.5 Å². The zero-order chi connectivity index (χ0) is 16.6. The Hall–Kier alpha value is -2.69. The molecule has 3 aromatic rings. The third-order valence-corrected chi connectivity index (χ3v) is 4.96. The summed E-state index contributed by atoms with van der Waals surface area (Å²) in [6.07, 6.45) is 4.67. The van der Waals surface area contributed by atoms with E-state index < -0.39 is 5.41 Å². The molecule has 5 nitrogen and oxygen atoms in total. The molecular formula is C19H20N4O. The van der Waals surface area contributed by atoms with Gasteiger partial charge in [-0.1, -0.05) is 24.3 Å². The highest BCUT2D eigenvalue weighted by Crippen LogP contribution is 2.37. The predicted octanol–water partition coefficient (Wildman–Crippen LogP) is 2.87. The molecule has 0 radical (unpaired) electrons. The van der Waals surface area contributed by atoms with E-state index in [1.54, 1.807) is 6.20 Å². The normalized spacial score (nSPS) is 19.9. The van der Waals surface area contributed by atoms with Crippen molar-refractivity contribution in [1.29, 1.82) is 0 Å². The smallest absolute Gasteiger partial charge is 0.230 e. The minimum atomic E-state index is -0.473. The van der Waals surface area contributed by atoms with Crippen molar-refractivity contribution in [2.24, 2.45) is 0 Å². The van der Waals surface area contributed by atoms with Crippen molar-refractivity contribution in [2.75, 3.05) is 0 Å². The monoisotopic (exact) mass is 320 g/mol. The van der Waals surface area contributed by atoms with Crippen LogP contribution in [0.1, 0.15) is 36.7 Å². The standard InChI is InChI=1S/C19H20N4O/c1-19(10-4-7-13-6-2-3-8-14(13)19)18(24)21-12-16-22-15-9-5-11-20-17(15)23-16/h2-3,5-6,8-9,11H,4,7,10,12H2,1H3,(H,21,24)(H,20,22,23). The summed E-state index contributed by atoms with van der Waals surface area (Å²) < 4.78 is 0. The van der Waals surface area contributed by atoms with Crippen LogP contribution < -0.4 is 5.32 Å². The summed E-state index contributed by atoms with van der Waals surface area (Å²) in [7, 11) is 0. The minimum Gasteiger partial charge on any atom is -0.348 e. The molecule has 1 unspecified atom stereocenters. The number of aromatic nitrogens is 3. The number of pyridine rings is 1. The Balaban J connectivity index is 1.54. The van der Waals surface area contributed by atoms with Gasteiger partial charge in [0.15, 0.2) is 5.65 Å². The largest absolute Gasteiger partial charge is 0.348 e. The molecule has 0 saturated heterocycles. The van der Waals surface area contributed by atoms with Crippen molar-refractivity contribution in [1.82, 2.24) is 20.3 Å². The molecule has 2 aromatic heterocycles. The van der Waals surface area contributed by atoms with E-state index in [-0.39, 0.29) is 5.91 Å². The fourth-order valence-corrected chi connectivity index (χ4v) is 3.62. The van der Waals surface area contributed by atoms with E-state index in [0.29, 0.717) is 12.2 Å². The highest BCUT2D eigenvalue weighted by molar-refractivity contribution is 5.88. The molecule has 0 spiro atoms. The molecule has 2 N–H and O–H groups in total. The first kappa shape index (κ1) is 14.9. The maximum absolute atomic E-state index is 12.9. The summed E-state index contributed by atoms with van der Waals surface area (Å²) in [5.74, 6) is 0.785. The molecule has 1 aliphatic carbocycles. The number of aromatic amines is 1. The molecule has 5 heteroatoms. The first-order chi connectivity index (χ1) is 11.7. The predicted molar refractivity (Wildman–Crippen MR) is 92.5 cm³/mol. The molecule has 122 valence electrons. The number of carbonyl (C=O) groups excluding carboxylic acids is 1. The maximum Gasteiger partial charge on any atom is 0.230 e. The van der Waals surface area contributed by atoms with E-state index in [0.717, 1.165) is 36.2 Å². The first-order valence-corrected chi connectivity index (χ1v) is 8.33. The van der Waals surface area contributed by atoms with Crippen molar-refractivity contribution in [3.05, 3.63) is 59.5 Å². The SMILES string of the molecule is CC1(C(=O)NCc2nc3ncccc3[nH]2)CCCc2ccccc21. The van der Waals surface area contributed by atoms with Gasteiger partial charge in [-0.3, -0.25) is 4.79 Å². The second kappa shape index (κ2) is 5.74. The van der Waals surface area contributed by atoms with Crippen LogP contribution >= 0.6 is 0 Å². The van der Waals surface area contributed by atoms with E-state index in [4.69, 9.17) is 0 Å². The van der Waals surface area contributed by atoms with Crippen LogP contribution in [0.2, 0.25) is 0 Å². The highest BCUT2D eigenvalue weighted by Gasteiger charge is 2.38. The number of hydrogen-bond donors (Lipinski definition) is 2. The molecule has 0 aliphatic heterocycles. The Labute approximate surface area is 140 Å². The zero-order valence-corrected chi connectivity index (χ0v) is 13.7. The number of hydrogen-bond acceptors (Lipinski definition) is 3. The third-order valence-electron chi connectivity index (χ3n) is 4.96. The van der Waals surface area contributed by atoms with Gasteiger partial charge in [-0.25, -0.2) is 9.97 Å². The minimum absolute atomic E-state index is 0.0584. The number of fused-ring (bicyclic) bond motifs is 2. The lowest BCUT2D eigenvalue weighted by atomic mass is 9.70. The van der Waals surface area contributed by atoms with E-state index in [2.05, 4.69) is 32.4 Å². The summed E-state index contributed by atoms with van der Waals surface area (Å²) in [6.45, 7) is 2.42. The fraction of sp³-hybridized carbons (Fsp3) is 0.316. The van der Waals surface area contributed by atoms with Gasteiger partial charge in [-0.2, -0.15) is 0 Å². The molecule has 1 amide bonds. The molecule has 0 saturated carbocycles. The molecule has 0 bridgehead atoms. The van der Waals surface area contributed by atoms with Crippen molar-refractivity contribution in [3.8, 4) is 0 Å². The third kappa shape index (κ3) is 2.46. The average Bonchev–Trinajstić information content (AvgIpc) is 3.03. The number of nitrogens with one attached hydrogen (secondary N) is 2. The lowest BCUT2D eigenvalue weighted by Gasteiger charge is -2.34. The Morgan fingerprint density at radius 2 is 2.17 bits per heavy atom. The summed E-state index contributed by atoms with van der Waals surface area (Å²) >= 11 is 0. The van der Waals surface area contributed by atoms with E-state index in [9.17, 15) is 4.79 Å². The topological polar surface area (TPSA) is 70.7 Å². The number of imidazole rings is 1. The van der Waals surface area contributed by atoms with E-state index in [1.807, 2.05) is 31.2 Å². The van der Waals surface area contributed by atoms with Crippen molar-refractivity contribution in [2.45, 2.75) is 38.1 Å². The Kier molecular flexibility index (Phi) is 3.56. The Morgan fingerprint density at radius 3 is 3.04 bits per heavy atom. The van der Waals surface area contributed by atoms with Crippen LogP contribution in [0.25, 0.3) is 11.2 Å². The van der Waals surface area contributed by atoms with Crippen molar-refractivity contribution >= 4 is 17.1 Å². The quantitative estimate of drug-likeness (QED) is 0.779. The molecular weight excluding hydrogens is 300 g/mol. The Bertz CT molecular complexity index is 868. The number of aryl methyl sites for hydroxylation is 1. The summed E-state index contributed by atoms with van der Waals surface area (Å²) in [6, 6.07) is 12.1. The fourth-order valence-electron chi connectivity index (χ4n) is 3.62. The van der Waals surface area contributed by atoms with Gasteiger partial charge in [-0.05, 0) is 49.4 Å². The van der Waals surface area contributed by atoms with Crippen molar-refractivity contribution in [3.63, 3.8) is 0 Å². The van der Waals surface area contributed by atoms with Gasteiger partial charge in [0, 0.05) is 6.20 Å². The number of benzene rings is 1. The van der Waals surface area contributed by atoms with Crippen LogP contribution in [0.5, 0.6) is 0 Å². The molecule has 1 aliphatic rings. The molecule has 2 heterocycles. The van der Waals surface area contributed by atoms with Gasteiger partial charge in [-0.15, -0.1) is 0 Å². The molecule has 1 atom stereocenters. The zero-order valence-electron chi connectivity index (χ0n) is 13.7. The number of nitrogens with zero attached hydrogens (tertiary/aromatic N) is 2. The maximum atomic E-state index is 12.9. The molecule has 1 aromatic carbocycles. The van der Waals surface area contributed by atoms with Crippen molar-refractivity contribution < 1.29 is 4.79 Å². The van der Waals surface area contributed by atoms with Gasteiger partial charge in [0.1, 0.15) is 5.82 Å². The van der Waals surface area contributed by atoms with Gasteiger partial charge in [0.2, 0.25) is 5.91 Å². The molecule has 24 heavy (non-hydrogen) atoms. The summed E-state index contributed by atoms with van der Waals surface area (Å²) in [5.41, 5.74) is 3.53. The van der Waals surface area contributed by atoms with Crippen LogP contribution in [0.3, 0.4) is 0 Å². The lowest BCUT2D eigenvalue weighted by Crippen LogP contribution is -2.44. The lowest BCUT2D eigenvalue weighted by molar-refractivity contribution is -0.127. The van der Waals surface area contributed by atoms with Crippen LogP contribution in [-0.2, 0) is 23.2 Å². The Morgan fingerprint density at radius 1 is 1.29 bits per heavy atom. The van der Waals surface area contributed by atoms with Crippen LogP contribution in [0, 0.1) is 0 Å².